The van der Waals surface area contributed by atoms with E-state index in [9.17, 15) is 0 Å². The molecule has 19 heavy (non-hydrogen) atoms. The number of rotatable bonds is 4. The van der Waals surface area contributed by atoms with Gasteiger partial charge in [-0.1, -0.05) is 37.6 Å². The standard InChI is InChI=1S/C15H18ClN3/c1-4-11-6-8-12(9-7-11)19(3)15-13(5-2)14(16)17-10-18-15/h6-10H,4-5H2,1-3H3. The lowest BCUT2D eigenvalue weighted by Crippen LogP contribution is -2.14. The van der Waals surface area contributed by atoms with Gasteiger partial charge in [-0.15, -0.1) is 0 Å². The number of anilines is 2. The van der Waals surface area contributed by atoms with Gasteiger partial charge in [0.2, 0.25) is 0 Å². The van der Waals surface area contributed by atoms with E-state index in [2.05, 4.69) is 48.1 Å². The van der Waals surface area contributed by atoms with Crippen molar-refractivity contribution in [2.24, 2.45) is 0 Å². The van der Waals surface area contributed by atoms with Gasteiger partial charge in [-0.25, -0.2) is 9.97 Å². The lowest BCUT2D eigenvalue weighted by molar-refractivity contribution is 0.999. The van der Waals surface area contributed by atoms with Crippen LogP contribution < -0.4 is 4.90 Å². The zero-order valence-electron chi connectivity index (χ0n) is 11.5. The van der Waals surface area contributed by atoms with Crippen LogP contribution in [0.1, 0.15) is 25.0 Å². The van der Waals surface area contributed by atoms with Crippen LogP contribution in [0.2, 0.25) is 5.15 Å². The summed E-state index contributed by atoms with van der Waals surface area (Å²) in [4.78, 5) is 10.4. The topological polar surface area (TPSA) is 29.0 Å². The van der Waals surface area contributed by atoms with Crippen LogP contribution in [0.3, 0.4) is 0 Å². The minimum absolute atomic E-state index is 0.532. The Morgan fingerprint density at radius 2 is 1.74 bits per heavy atom. The van der Waals surface area contributed by atoms with E-state index in [1.165, 1.54) is 11.9 Å². The molecule has 0 aliphatic rings. The van der Waals surface area contributed by atoms with Crippen LogP contribution in [0.25, 0.3) is 0 Å². The molecule has 0 atom stereocenters. The average Bonchev–Trinajstić information content (AvgIpc) is 2.46. The molecular formula is C15H18ClN3. The number of nitrogens with zero attached hydrogens (tertiary/aromatic N) is 3. The third-order valence-electron chi connectivity index (χ3n) is 3.27. The average molecular weight is 276 g/mol. The molecular weight excluding hydrogens is 258 g/mol. The molecule has 2 aromatic rings. The number of benzene rings is 1. The maximum Gasteiger partial charge on any atom is 0.140 e. The van der Waals surface area contributed by atoms with E-state index >= 15 is 0 Å². The van der Waals surface area contributed by atoms with E-state index in [4.69, 9.17) is 11.6 Å². The zero-order valence-corrected chi connectivity index (χ0v) is 12.3. The van der Waals surface area contributed by atoms with Crippen LogP contribution in [0.15, 0.2) is 30.6 Å². The summed E-state index contributed by atoms with van der Waals surface area (Å²) in [7, 11) is 2.00. The molecule has 3 nitrogen and oxygen atoms in total. The predicted molar refractivity (Wildman–Crippen MR) is 80.3 cm³/mol. The second kappa shape index (κ2) is 6.02. The van der Waals surface area contributed by atoms with E-state index in [0.29, 0.717) is 5.15 Å². The molecule has 100 valence electrons. The van der Waals surface area contributed by atoms with E-state index < -0.39 is 0 Å². The number of aromatic nitrogens is 2. The lowest BCUT2D eigenvalue weighted by Gasteiger charge is -2.21. The fraction of sp³-hybridized carbons (Fsp3) is 0.333. The van der Waals surface area contributed by atoms with Crippen LogP contribution in [-0.4, -0.2) is 17.0 Å². The van der Waals surface area contributed by atoms with Gasteiger partial charge >= 0.3 is 0 Å². The van der Waals surface area contributed by atoms with Crippen molar-refractivity contribution in [2.75, 3.05) is 11.9 Å². The van der Waals surface area contributed by atoms with Gasteiger partial charge in [0.15, 0.2) is 0 Å². The molecule has 1 aromatic heterocycles. The minimum atomic E-state index is 0.532. The Balaban J connectivity index is 2.37. The molecule has 0 bridgehead atoms. The van der Waals surface area contributed by atoms with Crippen LogP contribution in [0.5, 0.6) is 0 Å². The Morgan fingerprint density at radius 1 is 1.05 bits per heavy atom. The molecule has 1 aromatic carbocycles. The Hall–Kier alpha value is -1.61. The van der Waals surface area contributed by atoms with Gasteiger partial charge in [0.1, 0.15) is 17.3 Å². The van der Waals surface area contributed by atoms with Crippen molar-refractivity contribution in [3.63, 3.8) is 0 Å². The van der Waals surface area contributed by atoms with Crippen molar-refractivity contribution >= 4 is 23.1 Å². The van der Waals surface area contributed by atoms with E-state index in [1.54, 1.807) is 0 Å². The maximum atomic E-state index is 6.13. The summed E-state index contributed by atoms with van der Waals surface area (Å²) in [6, 6.07) is 8.49. The van der Waals surface area contributed by atoms with Crippen molar-refractivity contribution in [3.05, 3.63) is 46.9 Å². The summed E-state index contributed by atoms with van der Waals surface area (Å²) in [6.07, 6.45) is 3.36. The van der Waals surface area contributed by atoms with Crippen LogP contribution in [0.4, 0.5) is 11.5 Å². The zero-order chi connectivity index (χ0) is 13.8. The normalized spacial score (nSPS) is 10.5. The summed E-state index contributed by atoms with van der Waals surface area (Å²) < 4.78 is 0. The van der Waals surface area contributed by atoms with Gasteiger partial charge < -0.3 is 4.90 Å². The van der Waals surface area contributed by atoms with E-state index in [1.807, 2.05) is 11.9 Å². The van der Waals surface area contributed by atoms with Crippen molar-refractivity contribution < 1.29 is 0 Å². The van der Waals surface area contributed by atoms with Gasteiger partial charge in [-0.05, 0) is 30.5 Å². The summed E-state index contributed by atoms with van der Waals surface area (Å²) in [5, 5.41) is 0.532. The van der Waals surface area contributed by atoms with Gasteiger partial charge in [-0.3, -0.25) is 0 Å². The predicted octanol–water partition coefficient (Wildman–Crippen LogP) is 4.02. The maximum absolute atomic E-state index is 6.13. The van der Waals surface area contributed by atoms with E-state index in [-0.39, 0.29) is 0 Å². The first-order valence-electron chi connectivity index (χ1n) is 6.49. The van der Waals surface area contributed by atoms with Crippen molar-refractivity contribution in [3.8, 4) is 0 Å². The monoisotopic (exact) mass is 275 g/mol. The molecule has 0 aliphatic carbocycles. The lowest BCUT2D eigenvalue weighted by atomic mass is 10.1. The van der Waals surface area contributed by atoms with Crippen LogP contribution in [0, 0.1) is 0 Å². The quantitative estimate of drug-likeness (QED) is 0.789. The second-order valence-electron chi connectivity index (χ2n) is 4.40. The van der Waals surface area contributed by atoms with Crippen molar-refractivity contribution in [2.45, 2.75) is 26.7 Å². The van der Waals surface area contributed by atoms with E-state index in [0.717, 1.165) is 29.9 Å². The first-order chi connectivity index (χ1) is 9.17. The van der Waals surface area contributed by atoms with Crippen LogP contribution in [-0.2, 0) is 12.8 Å². The molecule has 0 fully saturated rings. The fourth-order valence-corrected chi connectivity index (χ4v) is 2.31. The highest BCUT2D eigenvalue weighted by molar-refractivity contribution is 6.30. The highest BCUT2D eigenvalue weighted by Gasteiger charge is 2.13. The number of hydrogen-bond donors (Lipinski definition) is 0. The third-order valence-corrected chi connectivity index (χ3v) is 3.60. The van der Waals surface area contributed by atoms with Crippen LogP contribution >= 0.6 is 11.6 Å². The number of halogens is 1. The Kier molecular flexibility index (Phi) is 4.38. The second-order valence-corrected chi connectivity index (χ2v) is 4.76. The van der Waals surface area contributed by atoms with Crippen molar-refractivity contribution in [1.29, 1.82) is 0 Å². The number of hydrogen-bond acceptors (Lipinski definition) is 3. The SMILES string of the molecule is CCc1ccc(N(C)c2ncnc(Cl)c2CC)cc1. The molecule has 0 radical (unpaired) electrons. The number of aryl methyl sites for hydroxylation is 1. The Morgan fingerprint density at radius 3 is 2.32 bits per heavy atom. The van der Waals surface area contributed by atoms with Gasteiger partial charge in [0, 0.05) is 18.3 Å². The fourth-order valence-electron chi connectivity index (χ4n) is 2.05. The van der Waals surface area contributed by atoms with Gasteiger partial charge in [0.05, 0.1) is 0 Å². The van der Waals surface area contributed by atoms with Gasteiger partial charge in [-0.2, -0.15) is 0 Å². The summed E-state index contributed by atoms with van der Waals surface area (Å²) in [5.74, 6) is 0.867. The highest BCUT2D eigenvalue weighted by Crippen LogP contribution is 2.28. The molecule has 2 rings (SSSR count). The third kappa shape index (κ3) is 2.87. The summed E-state index contributed by atoms with van der Waals surface area (Å²) >= 11 is 6.13. The molecule has 1 heterocycles. The molecule has 4 heteroatoms. The smallest absolute Gasteiger partial charge is 0.140 e. The molecule has 0 saturated carbocycles. The Bertz CT molecular complexity index is 552. The molecule has 0 amide bonds. The van der Waals surface area contributed by atoms with Crippen molar-refractivity contribution in [1.82, 2.24) is 9.97 Å². The summed E-state index contributed by atoms with van der Waals surface area (Å²) in [6.45, 7) is 4.21. The highest BCUT2D eigenvalue weighted by atomic mass is 35.5. The first-order valence-corrected chi connectivity index (χ1v) is 6.87. The molecule has 0 spiro atoms. The largest absolute Gasteiger partial charge is 0.329 e. The molecule has 0 N–H and O–H groups in total. The first kappa shape index (κ1) is 13.8. The minimum Gasteiger partial charge on any atom is -0.329 e. The Labute approximate surface area is 119 Å². The molecule has 0 saturated heterocycles. The molecule has 0 aliphatic heterocycles. The summed E-state index contributed by atoms with van der Waals surface area (Å²) in [5.41, 5.74) is 3.40. The van der Waals surface area contributed by atoms with Gasteiger partial charge in [0.25, 0.3) is 0 Å². The molecule has 0 unspecified atom stereocenters.